The van der Waals surface area contributed by atoms with Crippen molar-refractivity contribution < 1.29 is 22.7 Å². The summed E-state index contributed by atoms with van der Waals surface area (Å²) in [5, 5.41) is 2.62. The lowest BCUT2D eigenvalue weighted by molar-refractivity contribution is -0.116. The summed E-state index contributed by atoms with van der Waals surface area (Å²) in [4.78, 5) is 24.6. The molecule has 0 saturated heterocycles. The maximum absolute atomic E-state index is 12.8. The fraction of sp³-hybridized carbons (Fsp3) is 0.263. The molecule has 0 aliphatic carbocycles. The molecule has 1 amide bonds. The minimum atomic E-state index is -3.72. The second kappa shape index (κ2) is 8.22. The number of hydrogen-bond acceptors (Lipinski definition) is 5. The zero-order chi connectivity index (χ0) is 20.2. The van der Waals surface area contributed by atoms with Gasteiger partial charge in [-0.2, -0.15) is 0 Å². The van der Waals surface area contributed by atoms with E-state index < -0.39 is 27.9 Å². The van der Waals surface area contributed by atoms with Crippen LogP contribution in [0.15, 0.2) is 48.5 Å². The lowest BCUT2D eigenvalue weighted by atomic mass is 10.1. The standard InChI is InChI=1S/C19H22N2O5S/c1-13-8-7-9-15(12-13)21(27(4,24)25)14(2)18(22)20-17-11-6-5-10-16(17)19(23)26-3/h5-12,14H,1-4H3,(H,20,22)/t14-/m1/s1. The molecule has 8 heteroatoms. The first-order valence-electron chi connectivity index (χ1n) is 8.19. The number of esters is 1. The summed E-state index contributed by atoms with van der Waals surface area (Å²) in [5.41, 5.74) is 1.69. The SMILES string of the molecule is COC(=O)c1ccccc1NC(=O)[C@@H](C)N(c1cccc(C)c1)S(C)(=O)=O. The number of aryl methyl sites for hydroxylation is 1. The third kappa shape index (κ3) is 4.85. The number of benzene rings is 2. The van der Waals surface area contributed by atoms with Gasteiger partial charge in [-0.05, 0) is 43.7 Å². The van der Waals surface area contributed by atoms with Gasteiger partial charge in [-0.15, -0.1) is 0 Å². The molecule has 0 heterocycles. The van der Waals surface area contributed by atoms with Gasteiger partial charge in [-0.3, -0.25) is 9.10 Å². The molecule has 27 heavy (non-hydrogen) atoms. The summed E-state index contributed by atoms with van der Waals surface area (Å²) in [6.07, 6.45) is 1.04. The van der Waals surface area contributed by atoms with Gasteiger partial charge >= 0.3 is 5.97 Å². The molecule has 0 spiro atoms. The lowest BCUT2D eigenvalue weighted by Crippen LogP contribution is -2.45. The van der Waals surface area contributed by atoms with Crippen LogP contribution in [-0.2, 0) is 19.6 Å². The first-order valence-corrected chi connectivity index (χ1v) is 10.0. The molecule has 1 atom stereocenters. The Bertz CT molecular complexity index is 956. The van der Waals surface area contributed by atoms with E-state index in [0.717, 1.165) is 16.1 Å². The Kier molecular flexibility index (Phi) is 6.22. The molecular formula is C19H22N2O5S. The van der Waals surface area contributed by atoms with Gasteiger partial charge in [-0.25, -0.2) is 13.2 Å². The van der Waals surface area contributed by atoms with Gasteiger partial charge in [0.25, 0.3) is 0 Å². The van der Waals surface area contributed by atoms with E-state index >= 15 is 0 Å². The van der Waals surface area contributed by atoms with Crippen LogP contribution in [0.25, 0.3) is 0 Å². The van der Waals surface area contributed by atoms with Crippen molar-refractivity contribution in [3.05, 3.63) is 59.7 Å². The Morgan fingerprint density at radius 1 is 1.11 bits per heavy atom. The third-order valence-corrected chi connectivity index (χ3v) is 5.18. The molecule has 0 aromatic heterocycles. The molecule has 7 nitrogen and oxygen atoms in total. The number of rotatable bonds is 6. The predicted molar refractivity (Wildman–Crippen MR) is 104 cm³/mol. The number of sulfonamides is 1. The molecule has 0 fully saturated rings. The number of nitrogens with one attached hydrogen (secondary N) is 1. The quantitative estimate of drug-likeness (QED) is 0.765. The zero-order valence-corrected chi connectivity index (χ0v) is 16.4. The Balaban J connectivity index is 2.36. The predicted octanol–water partition coefficient (Wildman–Crippen LogP) is 2.57. The van der Waals surface area contributed by atoms with E-state index in [1.54, 1.807) is 36.4 Å². The summed E-state index contributed by atoms with van der Waals surface area (Å²) in [6, 6.07) is 12.2. The van der Waals surface area contributed by atoms with Crippen molar-refractivity contribution in [2.75, 3.05) is 23.0 Å². The fourth-order valence-electron chi connectivity index (χ4n) is 2.69. The highest BCUT2D eigenvalue weighted by Crippen LogP contribution is 2.23. The van der Waals surface area contributed by atoms with E-state index in [9.17, 15) is 18.0 Å². The van der Waals surface area contributed by atoms with Crippen LogP contribution < -0.4 is 9.62 Å². The molecule has 144 valence electrons. The minimum Gasteiger partial charge on any atom is -0.465 e. The summed E-state index contributed by atoms with van der Waals surface area (Å²) in [6.45, 7) is 3.32. The van der Waals surface area contributed by atoms with Crippen LogP contribution in [0.1, 0.15) is 22.8 Å². The molecule has 0 aliphatic heterocycles. The summed E-state index contributed by atoms with van der Waals surface area (Å²) in [5.74, 6) is -1.17. The van der Waals surface area contributed by atoms with Crippen LogP contribution in [0.2, 0.25) is 0 Å². The van der Waals surface area contributed by atoms with E-state index in [2.05, 4.69) is 5.32 Å². The smallest absolute Gasteiger partial charge is 0.339 e. The second-order valence-corrected chi connectivity index (χ2v) is 7.96. The van der Waals surface area contributed by atoms with Gasteiger partial charge in [0.2, 0.25) is 15.9 Å². The van der Waals surface area contributed by atoms with Gasteiger partial charge in [0, 0.05) is 0 Å². The molecule has 0 unspecified atom stereocenters. The Hall–Kier alpha value is -2.87. The van der Waals surface area contributed by atoms with Gasteiger partial charge in [-0.1, -0.05) is 24.3 Å². The Morgan fingerprint density at radius 2 is 1.78 bits per heavy atom. The fourth-order valence-corrected chi connectivity index (χ4v) is 3.86. The number of nitrogens with zero attached hydrogens (tertiary/aromatic N) is 1. The number of amides is 1. The van der Waals surface area contributed by atoms with Crippen molar-refractivity contribution in [3.63, 3.8) is 0 Å². The van der Waals surface area contributed by atoms with Crippen molar-refractivity contribution in [2.45, 2.75) is 19.9 Å². The topological polar surface area (TPSA) is 92.8 Å². The average Bonchev–Trinajstić information content (AvgIpc) is 2.60. The molecule has 0 bridgehead atoms. The van der Waals surface area contributed by atoms with Crippen molar-refractivity contribution >= 4 is 33.3 Å². The molecule has 0 radical (unpaired) electrons. The second-order valence-electron chi connectivity index (χ2n) is 6.10. The highest BCUT2D eigenvalue weighted by molar-refractivity contribution is 7.92. The number of ether oxygens (including phenoxy) is 1. The number of para-hydroxylation sites is 1. The monoisotopic (exact) mass is 390 g/mol. The molecule has 1 N–H and O–H groups in total. The van der Waals surface area contributed by atoms with E-state index in [-0.39, 0.29) is 11.3 Å². The average molecular weight is 390 g/mol. The van der Waals surface area contributed by atoms with Crippen LogP contribution in [0.5, 0.6) is 0 Å². The number of carbonyl (C=O) groups excluding carboxylic acids is 2. The van der Waals surface area contributed by atoms with Crippen molar-refractivity contribution in [1.29, 1.82) is 0 Å². The van der Waals surface area contributed by atoms with Crippen molar-refractivity contribution in [1.82, 2.24) is 0 Å². The zero-order valence-electron chi connectivity index (χ0n) is 15.6. The molecular weight excluding hydrogens is 368 g/mol. The maximum atomic E-state index is 12.8. The number of hydrogen-bond donors (Lipinski definition) is 1. The van der Waals surface area contributed by atoms with E-state index in [4.69, 9.17) is 4.74 Å². The molecule has 0 saturated carbocycles. The van der Waals surface area contributed by atoms with E-state index in [1.165, 1.54) is 20.1 Å². The van der Waals surface area contributed by atoms with Crippen molar-refractivity contribution in [3.8, 4) is 0 Å². The highest BCUT2D eigenvalue weighted by atomic mass is 32.2. The van der Waals surface area contributed by atoms with E-state index in [1.807, 2.05) is 13.0 Å². The normalized spacial score (nSPS) is 12.1. The van der Waals surface area contributed by atoms with Gasteiger partial charge in [0.05, 0.1) is 30.3 Å². The Morgan fingerprint density at radius 3 is 2.37 bits per heavy atom. The van der Waals surface area contributed by atoms with Gasteiger partial charge in [0.1, 0.15) is 6.04 Å². The summed E-state index contributed by atoms with van der Waals surface area (Å²) in [7, 11) is -2.48. The molecule has 2 rings (SSSR count). The lowest BCUT2D eigenvalue weighted by Gasteiger charge is -2.28. The van der Waals surface area contributed by atoms with Crippen molar-refractivity contribution in [2.24, 2.45) is 0 Å². The maximum Gasteiger partial charge on any atom is 0.339 e. The molecule has 2 aromatic carbocycles. The number of carbonyl (C=O) groups is 2. The van der Waals surface area contributed by atoms with Crippen LogP contribution in [0, 0.1) is 6.92 Å². The van der Waals surface area contributed by atoms with Crippen LogP contribution in [0.4, 0.5) is 11.4 Å². The number of anilines is 2. The van der Waals surface area contributed by atoms with Gasteiger partial charge < -0.3 is 10.1 Å². The highest BCUT2D eigenvalue weighted by Gasteiger charge is 2.29. The summed E-state index contributed by atoms with van der Waals surface area (Å²) < 4.78 is 30.4. The molecule has 2 aromatic rings. The largest absolute Gasteiger partial charge is 0.465 e. The first-order chi connectivity index (χ1) is 12.6. The van der Waals surface area contributed by atoms with Crippen LogP contribution >= 0.6 is 0 Å². The first kappa shape index (κ1) is 20.4. The van der Waals surface area contributed by atoms with Gasteiger partial charge in [0.15, 0.2) is 0 Å². The van der Waals surface area contributed by atoms with E-state index in [0.29, 0.717) is 5.69 Å². The van der Waals surface area contributed by atoms with Crippen LogP contribution in [0.3, 0.4) is 0 Å². The Labute approximate surface area is 159 Å². The number of methoxy groups -OCH3 is 1. The van der Waals surface area contributed by atoms with Crippen LogP contribution in [-0.4, -0.2) is 39.7 Å². The molecule has 0 aliphatic rings. The summed E-state index contributed by atoms with van der Waals surface area (Å²) >= 11 is 0. The minimum absolute atomic E-state index is 0.182. The third-order valence-electron chi connectivity index (χ3n) is 3.93.